The van der Waals surface area contributed by atoms with E-state index in [1.165, 1.54) is 6.08 Å². The lowest BCUT2D eigenvalue weighted by molar-refractivity contribution is -0.297. The van der Waals surface area contributed by atoms with Crippen molar-refractivity contribution in [1.82, 2.24) is 4.90 Å². The lowest BCUT2D eigenvalue weighted by Gasteiger charge is -2.47. The molecule has 0 aliphatic carbocycles. The summed E-state index contributed by atoms with van der Waals surface area (Å²) in [5.41, 5.74) is -2.05. The number of ether oxygens (including phenoxy) is 4. The van der Waals surface area contributed by atoms with Gasteiger partial charge in [0.1, 0.15) is 17.8 Å². The smallest absolute Gasteiger partial charge is 0.309 e. The summed E-state index contributed by atoms with van der Waals surface area (Å²) in [7, 11) is 5.43. The average Bonchev–Trinajstić information content (AvgIpc) is 2.85. The maximum Gasteiger partial charge on any atom is 0.309 e. The van der Waals surface area contributed by atoms with Crippen LogP contribution in [-0.4, -0.2) is 96.0 Å². The molecule has 2 heterocycles. The van der Waals surface area contributed by atoms with Gasteiger partial charge in [0.25, 0.3) is 0 Å². The first-order valence-electron chi connectivity index (χ1n) is 14.3. The number of esters is 1. The van der Waals surface area contributed by atoms with Crippen LogP contribution in [0, 0.1) is 17.8 Å². The molecule has 2 N–H and O–H groups in total. The largest absolute Gasteiger partial charge is 0.459 e. The van der Waals surface area contributed by atoms with Gasteiger partial charge in [0.05, 0.1) is 23.7 Å². The van der Waals surface area contributed by atoms with Crippen LogP contribution in [0.2, 0.25) is 0 Å². The summed E-state index contributed by atoms with van der Waals surface area (Å²) in [6.45, 7) is 14.6. The van der Waals surface area contributed by atoms with Crippen LogP contribution in [0.1, 0.15) is 81.1 Å². The summed E-state index contributed by atoms with van der Waals surface area (Å²) in [5.74, 6) is -1.73. The van der Waals surface area contributed by atoms with Gasteiger partial charge in [0.2, 0.25) is 0 Å². The van der Waals surface area contributed by atoms with Gasteiger partial charge in [-0.15, -0.1) is 0 Å². The Balaban J connectivity index is 2.54. The number of Topliss-reactive ketones (excluding diaryl/α,β-unsaturated/α-hetero) is 1. The fourth-order valence-corrected chi connectivity index (χ4v) is 6.34. The van der Waals surface area contributed by atoms with Gasteiger partial charge >= 0.3 is 5.97 Å². The van der Waals surface area contributed by atoms with Crippen molar-refractivity contribution < 1.29 is 38.7 Å². The first-order valence-corrected chi connectivity index (χ1v) is 14.3. The molecule has 0 radical (unpaired) electrons. The quantitative estimate of drug-likeness (QED) is 0.492. The Morgan fingerprint density at radius 3 is 2.26 bits per heavy atom. The number of carbonyl (C=O) groups excluding carboxylic acids is 2. The molecule has 2 rings (SSSR count). The fraction of sp³-hybridized carbons (Fsp3) is 0.867. The Morgan fingerprint density at radius 2 is 1.72 bits per heavy atom. The molecule has 2 aliphatic heterocycles. The van der Waals surface area contributed by atoms with Crippen molar-refractivity contribution in [3.05, 3.63) is 11.6 Å². The zero-order chi connectivity index (χ0) is 29.9. The van der Waals surface area contributed by atoms with Crippen LogP contribution >= 0.6 is 0 Å². The van der Waals surface area contributed by atoms with Crippen LogP contribution in [0.15, 0.2) is 11.6 Å². The number of ketones is 1. The summed E-state index contributed by atoms with van der Waals surface area (Å²) in [6.07, 6.45) is -0.0398. The Hall–Kier alpha value is -1.36. The zero-order valence-corrected chi connectivity index (χ0v) is 25.9. The SMILES string of the molecule is CC[C@H]1OC(=O)[C@H](C)C[C@H](C)[C@@H](O[C@@H]2O[C@H](C)C[C@H](N(C)C)[C@H]2O)[C@](C)(OC)C[C@@H](C)C(=O)C(C)=C[C@]1(C)O. The number of aliphatic hydroxyl groups is 2. The van der Waals surface area contributed by atoms with Crippen LogP contribution < -0.4 is 0 Å². The topological polar surface area (TPSA) is 115 Å². The van der Waals surface area contributed by atoms with E-state index < -0.39 is 53.6 Å². The number of aliphatic hydroxyl groups excluding tert-OH is 1. The number of methoxy groups -OCH3 is 1. The average molecular weight is 556 g/mol. The molecule has 0 aromatic heterocycles. The molecule has 0 aromatic carbocycles. The van der Waals surface area contributed by atoms with E-state index in [4.69, 9.17) is 18.9 Å². The normalized spacial score (nSPS) is 43.5. The van der Waals surface area contributed by atoms with Crippen molar-refractivity contribution in [3.63, 3.8) is 0 Å². The van der Waals surface area contributed by atoms with Crippen LogP contribution in [-0.2, 0) is 28.5 Å². The number of rotatable bonds is 5. The van der Waals surface area contributed by atoms with Gasteiger partial charge in [-0.25, -0.2) is 0 Å². The van der Waals surface area contributed by atoms with Gasteiger partial charge in [0.15, 0.2) is 12.1 Å². The molecule has 1 saturated heterocycles. The van der Waals surface area contributed by atoms with E-state index in [0.29, 0.717) is 31.3 Å². The summed E-state index contributed by atoms with van der Waals surface area (Å²) in [6, 6.07) is -0.151. The Bertz CT molecular complexity index is 873. The monoisotopic (exact) mass is 555 g/mol. The van der Waals surface area contributed by atoms with Crippen molar-refractivity contribution in [2.75, 3.05) is 21.2 Å². The van der Waals surface area contributed by atoms with Gasteiger partial charge in [-0.1, -0.05) is 27.7 Å². The molecule has 0 amide bonds. The van der Waals surface area contributed by atoms with Gasteiger partial charge < -0.3 is 34.1 Å². The molecule has 9 heteroatoms. The van der Waals surface area contributed by atoms with E-state index in [1.54, 1.807) is 27.9 Å². The molecule has 2 aliphatic rings. The van der Waals surface area contributed by atoms with Gasteiger partial charge in [0, 0.05) is 19.1 Å². The number of cyclic esters (lactones) is 1. The second kappa shape index (κ2) is 13.5. The predicted octanol–water partition coefficient (Wildman–Crippen LogP) is 3.49. The minimum Gasteiger partial charge on any atom is -0.459 e. The number of hydrogen-bond donors (Lipinski definition) is 2. The van der Waals surface area contributed by atoms with E-state index in [0.717, 1.165) is 0 Å². The minimum absolute atomic E-state index is 0.130. The first-order chi connectivity index (χ1) is 18.0. The van der Waals surface area contributed by atoms with Crippen molar-refractivity contribution in [2.45, 2.75) is 129 Å². The molecular weight excluding hydrogens is 502 g/mol. The highest BCUT2D eigenvalue weighted by Gasteiger charge is 2.47. The molecule has 0 aromatic rings. The Morgan fingerprint density at radius 1 is 1.10 bits per heavy atom. The molecule has 226 valence electrons. The molecule has 1 fully saturated rings. The van der Waals surface area contributed by atoms with Crippen molar-refractivity contribution in [2.24, 2.45) is 17.8 Å². The van der Waals surface area contributed by atoms with E-state index in [9.17, 15) is 19.8 Å². The third kappa shape index (κ3) is 8.11. The second-order valence-corrected chi connectivity index (χ2v) is 12.6. The van der Waals surface area contributed by atoms with Gasteiger partial charge in [-0.2, -0.15) is 0 Å². The molecule has 0 spiro atoms. The molecule has 11 atom stereocenters. The first kappa shape index (κ1) is 33.8. The van der Waals surface area contributed by atoms with E-state index in [1.807, 2.05) is 53.6 Å². The summed E-state index contributed by atoms with van der Waals surface area (Å²) in [5, 5.41) is 22.4. The van der Waals surface area contributed by atoms with E-state index in [-0.39, 0.29) is 23.8 Å². The highest BCUT2D eigenvalue weighted by Crippen LogP contribution is 2.38. The Kier molecular flexibility index (Phi) is 11.7. The third-order valence-electron chi connectivity index (χ3n) is 8.61. The molecule has 0 saturated carbocycles. The molecule has 0 bridgehead atoms. The van der Waals surface area contributed by atoms with Crippen molar-refractivity contribution in [1.29, 1.82) is 0 Å². The van der Waals surface area contributed by atoms with Gasteiger partial charge in [-0.3, -0.25) is 9.59 Å². The molecule has 0 unspecified atom stereocenters. The number of carbonyl (C=O) groups is 2. The maximum atomic E-state index is 13.5. The molecular formula is C30H53NO8. The van der Waals surface area contributed by atoms with Crippen LogP contribution in [0.4, 0.5) is 0 Å². The van der Waals surface area contributed by atoms with Crippen molar-refractivity contribution in [3.8, 4) is 0 Å². The van der Waals surface area contributed by atoms with Crippen LogP contribution in [0.25, 0.3) is 0 Å². The summed E-state index contributed by atoms with van der Waals surface area (Å²) >= 11 is 0. The summed E-state index contributed by atoms with van der Waals surface area (Å²) < 4.78 is 24.6. The second-order valence-electron chi connectivity index (χ2n) is 12.6. The maximum absolute atomic E-state index is 13.5. The number of allylic oxidation sites excluding steroid dienone is 1. The zero-order valence-electron chi connectivity index (χ0n) is 25.9. The van der Waals surface area contributed by atoms with E-state index in [2.05, 4.69) is 0 Å². The number of likely N-dealkylation sites (N-methyl/N-ethyl adjacent to an activating group) is 1. The Labute approximate surface area is 235 Å². The summed E-state index contributed by atoms with van der Waals surface area (Å²) in [4.78, 5) is 28.6. The lowest BCUT2D eigenvalue weighted by atomic mass is 9.77. The number of nitrogens with zero attached hydrogens (tertiary/aromatic N) is 1. The molecule has 39 heavy (non-hydrogen) atoms. The number of hydrogen-bond acceptors (Lipinski definition) is 9. The highest BCUT2D eigenvalue weighted by atomic mass is 16.7. The molecule has 9 nitrogen and oxygen atoms in total. The highest BCUT2D eigenvalue weighted by molar-refractivity contribution is 5.96. The predicted molar refractivity (Wildman–Crippen MR) is 149 cm³/mol. The third-order valence-corrected chi connectivity index (χ3v) is 8.61. The van der Waals surface area contributed by atoms with Crippen molar-refractivity contribution >= 4 is 11.8 Å². The fourth-order valence-electron chi connectivity index (χ4n) is 6.34. The van der Waals surface area contributed by atoms with Gasteiger partial charge in [-0.05, 0) is 85.0 Å². The standard InChI is InChI=1S/C30H53NO8/c1-12-23-29(7,35)15-19(4)24(32)20(5)16-30(8,36-11)26(17(2)13-18(3)27(34)38-23)39-28-25(33)22(31(9)10)14-21(6)37-28/h15,17-18,20-23,25-26,28,33,35H,12-14,16H2,1-11H3/t17-,18+,20+,21+,22-,23+,25+,26+,28-,29-,30+/m0/s1. The van der Waals surface area contributed by atoms with Crippen LogP contribution in [0.5, 0.6) is 0 Å². The minimum atomic E-state index is -1.50. The van der Waals surface area contributed by atoms with E-state index >= 15 is 0 Å². The van der Waals surface area contributed by atoms with Crippen LogP contribution in [0.3, 0.4) is 0 Å². The lowest BCUT2D eigenvalue weighted by Crippen LogP contribution is -2.58.